The Hall–Kier alpha value is -6.44. The summed E-state index contributed by atoms with van der Waals surface area (Å²) < 4.78 is 4.78. The molecule has 10 aromatic rings. The zero-order chi connectivity index (χ0) is 34.9. The van der Waals surface area contributed by atoms with Gasteiger partial charge in [0.15, 0.2) is 0 Å². The number of nitrogens with zero attached hydrogens (tertiary/aromatic N) is 2. The lowest BCUT2D eigenvalue weighted by Crippen LogP contribution is -2.54. The van der Waals surface area contributed by atoms with E-state index in [-0.39, 0.29) is 18.5 Å². The van der Waals surface area contributed by atoms with E-state index in [9.17, 15) is 0 Å². The SMILES string of the molecule is c1ccc(C2NC(c3c[nH]c(-n4c5ccccc5c5cc6c7ccccc7n(-c7ccccc7)c6cc54)c3)NC(c3cccc4ccccc34)N2)cc1. The minimum absolute atomic E-state index is 0.0637. The van der Waals surface area contributed by atoms with Gasteiger partial charge in [0, 0.05) is 39.0 Å². The second-order valence-electron chi connectivity index (χ2n) is 14.0. The molecule has 3 atom stereocenters. The van der Waals surface area contributed by atoms with Crippen molar-refractivity contribution in [1.82, 2.24) is 30.1 Å². The summed E-state index contributed by atoms with van der Waals surface area (Å²) in [5.41, 5.74) is 9.43. The van der Waals surface area contributed by atoms with Gasteiger partial charge in [-0.05, 0) is 64.4 Å². The van der Waals surface area contributed by atoms with Crippen LogP contribution in [0.25, 0.3) is 65.9 Å². The van der Waals surface area contributed by atoms with Crippen LogP contribution in [0.3, 0.4) is 0 Å². The molecule has 254 valence electrons. The van der Waals surface area contributed by atoms with E-state index >= 15 is 0 Å². The molecule has 4 N–H and O–H groups in total. The quantitative estimate of drug-likeness (QED) is 0.146. The van der Waals surface area contributed by atoms with Crippen LogP contribution in [-0.2, 0) is 0 Å². The van der Waals surface area contributed by atoms with E-state index in [4.69, 9.17) is 0 Å². The maximum Gasteiger partial charge on any atom is 0.115 e. The van der Waals surface area contributed by atoms with Gasteiger partial charge >= 0.3 is 0 Å². The lowest BCUT2D eigenvalue weighted by atomic mass is 10.00. The van der Waals surface area contributed by atoms with Gasteiger partial charge in [0.25, 0.3) is 0 Å². The van der Waals surface area contributed by atoms with Gasteiger partial charge in [0.1, 0.15) is 5.82 Å². The molecule has 0 saturated carbocycles. The molecule has 1 aliphatic heterocycles. The molecular formula is C47H36N6. The van der Waals surface area contributed by atoms with Crippen molar-refractivity contribution in [3.8, 4) is 11.5 Å². The van der Waals surface area contributed by atoms with Gasteiger partial charge in [-0.25, -0.2) is 0 Å². The van der Waals surface area contributed by atoms with Gasteiger partial charge in [0.05, 0.1) is 40.6 Å². The molecule has 1 fully saturated rings. The number of para-hydroxylation sites is 3. The van der Waals surface area contributed by atoms with Crippen LogP contribution in [0.15, 0.2) is 176 Å². The molecule has 3 unspecified atom stereocenters. The first-order chi connectivity index (χ1) is 26.3. The Balaban J connectivity index is 1.07. The molecule has 0 radical (unpaired) electrons. The van der Waals surface area contributed by atoms with E-state index in [0.717, 1.165) is 22.6 Å². The van der Waals surface area contributed by atoms with Crippen LogP contribution in [0, 0.1) is 0 Å². The third-order valence-electron chi connectivity index (χ3n) is 11.0. The van der Waals surface area contributed by atoms with Crippen LogP contribution in [0.2, 0.25) is 0 Å². The average molecular weight is 685 g/mol. The molecule has 0 spiro atoms. The summed E-state index contributed by atoms with van der Waals surface area (Å²) in [6.07, 6.45) is 1.87. The van der Waals surface area contributed by atoms with Crippen LogP contribution in [-0.4, -0.2) is 14.1 Å². The van der Waals surface area contributed by atoms with Gasteiger partial charge in [-0.1, -0.05) is 127 Å². The standard InChI is InChI=1S/C47H36N6/c1-3-15-31(16-4-1)45-49-46(51-47(50-45)37-23-13-17-30-14-7-8-20-34(30)37)32-26-44(48-29-32)53-41-25-12-10-22-36(41)39-27-38-35-21-9-11-24-40(35)52(42(38)28-43(39)53)33-18-5-2-6-19-33/h1-29,45-51H. The van der Waals surface area contributed by atoms with E-state index in [2.05, 4.69) is 206 Å². The van der Waals surface area contributed by atoms with Crippen LogP contribution < -0.4 is 16.0 Å². The lowest BCUT2D eigenvalue weighted by molar-refractivity contribution is 0.204. The Morgan fingerprint density at radius 1 is 0.377 bits per heavy atom. The fourth-order valence-electron chi connectivity index (χ4n) is 8.60. The molecule has 4 heterocycles. The summed E-state index contributed by atoms with van der Waals surface area (Å²) in [5.74, 6) is 1.02. The van der Waals surface area contributed by atoms with Gasteiger partial charge in [0.2, 0.25) is 0 Å². The number of aromatic amines is 1. The van der Waals surface area contributed by atoms with E-state index in [1.165, 1.54) is 60.0 Å². The fraction of sp³-hybridized carbons (Fsp3) is 0.0638. The molecule has 0 aliphatic carbocycles. The Morgan fingerprint density at radius 2 is 0.943 bits per heavy atom. The predicted octanol–water partition coefficient (Wildman–Crippen LogP) is 10.5. The number of nitrogens with one attached hydrogen (secondary N) is 4. The second-order valence-corrected chi connectivity index (χ2v) is 14.0. The Morgan fingerprint density at radius 3 is 1.70 bits per heavy atom. The van der Waals surface area contributed by atoms with E-state index < -0.39 is 0 Å². The summed E-state index contributed by atoms with van der Waals surface area (Å²) in [4.78, 5) is 3.71. The van der Waals surface area contributed by atoms with Crippen molar-refractivity contribution in [3.63, 3.8) is 0 Å². The molecule has 1 aliphatic rings. The average Bonchev–Trinajstić information content (AvgIpc) is 3.93. The Labute approximate surface area is 306 Å². The summed E-state index contributed by atoms with van der Waals surface area (Å²) in [5, 5.41) is 19.1. The molecular weight excluding hydrogens is 649 g/mol. The highest BCUT2D eigenvalue weighted by atomic mass is 15.4. The van der Waals surface area contributed by atoms with Crippen molar-refractivity contribution >= 4 is 54.4 Å². The highest BCUT2D eigenvalue weighted by Crippen LogP contribution is 2.40. The van der Waals surface area contributed by atoms with Crippen LogP contribution >= 0.6 is 0 Å². The topological polar surface area (TPSA) is 61.7 Å². The molecule has 3 aromatic heterocycles. The number of rotatable bonds is 5. The number of H-pyrrole nitrogens is 1. The molecule has 0 amide bonds. The minimum atomic E-state index is -0.129. The van der Waals surface area contributed by atoms with Gasteiger partial charge in [-0.2, -0.15) is 0 Å². The fourth-order valence-corrected chi connectivity index (χ4v) is 8.60. The molecule has 1 saturated heterocycles. The third-order valence-corrected chi connectivity index (χ3v) is 11.0. The van der Waals surface area contributed by atoms with Crippen molar-refractivity contribution < 1.29 is 0 Å². The van der Waals surface area contributed by atoms with Gasteiger partial charge in [-0.3, -0.25) is 20.5 Å². The monoisotopic (exact) mass is 684 g/mol. The summed E-state index contributed by atoms with van der Waals surface area (Å²) in [7, 11) is 0. The molecule has 53 heavy (non-hydrogen) atoms. The predicted molar refractivity (Wildman–Crippen MR) is 217 cm³/mol. The molecule has 11 rings (SSSR count). The van der Waals surface area contributed by atoms with Crippen LogP contribution in [0.5, 0.6) is 0 Å². The van der Waals surface area contributed by atoms with E-state index in [1.54, 1.807) is 0 Å². The van der Waals surface area contributed by atoms with Crippen molar-refractivity contribution in [2.24, 2.45) is 0 Å². The Bertz CT molecular complexity index is 2950. The largest absolute Gasteiger partial charge is 0.347 e. The molecule has 6 nitrogen and oxygen atoms in total. The number of benzene rings is 7. The van der Waals surface area contributed by atoms with Gasteiger partial charge in [-0.15, -0.1) is 0 Å². The summed E-state index contributed by atoms with van der Waals surface area (Å²) in [6, 6.07) is 61.1. The molecule has 6 heteroatoms. The minimum Gasteiger partial charge on any atom is -0.347 e. The van der Waals surface area contributed by atoms with Crippen molar-refractivity contribution in [2.75, 3.05) is 0 Å². The number of fused-ring (bicyclic) bond motifs is 7. The van der Waals surface area contributed by atoms with Crippen molar-refractivity contribution in [3.05, 3.63) is 193 Å². The summed E-state index contributed by atoms with van der Waals surface area (Å²) >= 11 is 0. The first-order valence-corrected chi connectivity index (χ1v) is 18.3. The van der Waals surface area contributed by atoms with E-state index in [1.807, 2.05) is 0 Å². The number of aromatic nitrogens is 3. The van der Waals surface area contributed by atoms with Crippen molar-refractivity contribution in [1.29, 1.82) is 0 Å². The highest BCUT2D eigenvalue weighted by Gasteiger charge is 2.31. The Kier molecular flexibility index (Phi) is 6.88. The van der Waals surface area contributed by atoms with Gasteiger partial charge < -0.3 is 9.55 Å². The number of hydrogen-bond donors (Lipinski definition) is 4. The van der Waals surface area contributed by atoms with Crippen molar-refractivity contribution in [2.45, 2.75) is 18.5 Å². The second kappa shape index (κ2) is 12.1. The number of hydrogen-bond acceptors (Lipinski definition) is 3. The molecule has 7 aromatic carbocycles. The van der Waals surface area contributed by atoms with Crippen LogP contribution in [0.1, 0.15) is 35.2 Å². The van der Waals surface area contributed by atoms with Crippen LogP contribution in [0.4, 0.5) is 0 Å². The zero-order valence-electron chi connectivity index (χ0n) is 28.9. The highest BCUT2D eigenvalue weighted by molar-refractivity contribution is 6.19. The zero-order valence-corrected chi connectivity index (χ0v) is 28.9. The third kappa shape index (κ3) is 4.85. The normalized spacial score (nSPS) is 17.8. The lowest BCUT2D eigenvalue weighted by Gasteiger charge is -2.39. The maximum atomic E-state index is 3.92. The summed E-state index contributed by atoms with van der Waals surface area (Å²) in [6.45, 7) is 0. The molecule has 0 bridgehead atoms. The first-order valence-electron chi connectivity index (χ1n) is 18.3. The smallest absolute Gasteiger partial charge is 0.115 e. The van der Waals surface area contributed by atoms with E-state index in [0.29, 0.717) is 0 Å². The first kappa shape index (κ1) is 30.2. The maximum absolute atomic E-state index is 3.92.